The lowest BCUT2D eigenvalue weighted by Gasteiger charge is -2.08. The second-order valence-corrected chi connectivity index (χ2v) is 8.53. The molecule has 0 radical (unpaired) electrons. The van der Waals surface area contributed by atoms with E-state index in [9.17, 15) is 9.59 Å². The van der Waals surface area contributed by atoms with Gasteiger partial charge in [-0.25, -0.2) is 9.97 Å². The van der Waals surface area contributed by atoms with Crippen molar-refractivity contribution < 1.29 is 14.3 Å². The Morgan fingerprint density at radius 2 is 1.77 bits per heavy atom. The third-order valence-corrected chi connectivity index (χ3v) is 6.19. The van der Waals surface area contributed by atoms with Gasteiger partial charge in [-0.3, -0.25) is 14.2 Å². The number of rotatable bonds is 10. The molecule has 0 aliphatic rings. The molecule has 0 spiro atoms. The van der Waals surface area contributed by atoms with Crippen molar-refractivity contribution >= 4 is 17.2 Å². The second-order valence-electron chi connectivity index (χ2n) is 7.67. The number of aromatic nitrogens is 3. The first-order valence-corrected chi connectivity index (χ1v) is 12.1. The van der Waals surface area contributed by atoms with Crippen molar-refractivity contribution in [2.75, 3.05) is 20.3 Å². The Hall–Kier alpha value is -3.98. The predicted octanol–water partition coefficient (Wildman–Crippen LogP) is 3.80. The van der Waals surface area contributed by atoms with Crippen molar-refractivity contribution in [3.8, 4) is 33.3 Å². The first-order chi connectivity index (χ1) is 17.1. The van der Waals surface area contributed by atoms with E-state index in [4.69, 9.17) is 9.47 Å². The highest BCUT2D eigenvalue weighted by Gasteiger charge is 2.09. The molecule has 9 heteroatoms. The molecule has 4 aromatic rings. The minimum Gasteiger partial charge on any atom is -0.497 e. The number of carbonyl (C=O) groups excluding carboxylic acids is 1. The van der Waals surface area contributed by atoms with E-state index in [1.54, 1.807) is 18.4 Å². The molecule has 2 heterocycles. The summed E-state index contributed by atoms with van der Waals surface area (Å²) in [4.78, 5) is 33.8. The summed E-state index contributed by atoms with van der Waals surface area (Å²) >= 11 is 1.56. The number of amides is 1. The lowest BCUT2D eigenvalue weighted by atomic mass is 10.1. The van der Waals surface area contributed by atoms with Gasteiger partial charge in [-0.15, -0.1) is 11.3 Å². The Kier molecular flexibility index (Phi) is 7.89. The van der Waals surface area contributed by atoms with Gasteiger partial charge < -0.3 is 14.8 Å². The molecule has 0 saturated heterocycles. The molecule has 0 fully saturated rings. The lowest BCUT2D eigenvalue weighted by molar-refractivity contribution is -0.121. The number of hydrogen-bond acceptors (Lipinski definition) is 7. The Morgan fingerprint density at radius 3 is 2.46 bits per heavy atom. The average molecular weight is 491 g/mol. The normalized spacial score (nSPS) is 10.7. The van der Waals surface area contributed by atoms with Crippen LogP contribution < -0.4 is 20.3 Å². The fourth-order valence-corrected chi connectivity index (χ4v) is 4.28. The van der Waals surface area contributed by atoms with Crippen LogP contribution in [-0.2, 0) is 17.8 Å². The maximum Gasteiger partial charge on any atom is 0.254 e. The Labute approximate surface area is 207 Å². The molecule has 1 N–H and O–H groups in total. The molecule has 0 aliphatic carbocycles. The second kappa shape index (κ2) is 11.4. The number of nitrogens with one attached hydrogen (secondary N) is 1. The largest absolute Gasteiger partial charge is 0.497 e. The number of nitrogens with zero attached hydrogens (tertiary/aromatic N) is 3. The van der Waals surface area contributed by atoms with Crippen LogP contribution in [0.5, 0.6) is 11.5 Å². The standard InChI is InChI=1S/C26H26N4O4S/c1-3-34-22-10-4-18(5-11-22)23-14-25(32)30(17-28-23)15-24(31)27-13-12-20-16-35-26(29-20)19-6-8-21(33-2)9-7-19/h4-11,14,16-17H,3,12-13,15H2,1-2H3,(H,27,31). The molecule has 0 bridgehead atoms. The molecule has 0 atom stereocenters. The summed E-state index contributed by atoms with van der Waals surface area (Å²) in [6, 6.07) is 16.5. The third kappa shape index (κ3) is 6.33. The van der Waals surface area contributed by atoms with E-state index in [1.807, 2.05) is 60.8 Å². The summed E-state index contributed by atoms with van der Waals surface area (Å²) in [5.74, 6) is 1.30. The maximum atomic E-state index is 12.5. The van der Waals surface area contributed by atoms with Crippen LogP contribution in [0.4, 0.5) is 0 Å². The van der Waals surface area contributed by atoms with Crippen molar-refractivity contribution in [1.82, 2.24) is 19.9 Å². The van der Waals surface area contributed by atoms with Gasteiger partial charge in [-0.05, 0) is 55.5 Å². The van der Waals surface area contributed by atoms with Gasteiger partial charge >= 0.3 is 0 Å². The lowest BCUT2D eigenvalue weighted by Crippen LogP contribution is -2.33. The van der Waals surface area contributed by atoms with E-state index in [0.29, 0.717) is 25.3 Å². The number of ether oxygens (including phenoxy) is 2. The Balaban J connectivity index is 1.28. The maximum absolute atomic E-state index is 12.5. The van der Waals surface area contributed by atoms with Crippen molar-refractivity contribution in [2.45, 2.75) is 19.9 Å². The molecule has 0 aliphatic heterocycles. The zero-order valence-corrected chi connectivity index (χ0v) is 20.4. The molecule has 4 rings (SSSR count). The molecule has 35 heavy (non-hydrogen) atoms. The van der Waals surface area contributed by atoms with Gasteiger partial charge in [0.1, 0.15) is 23.1 Å². The van der Waals surface area contributed by atoms with Crippen LogP contribution in [-0.4, -0.2) is 40.7 Å². The molecule has 8 nitrogen and oxygen atoms in total. The minimum absolute atomic E-state index is 0.0937. The highest BCUT2D eigenvalue weighted by Crippen LogP contribution is 2.25. The van der Waals surface area contributed by atoms with Crippen LogP contribution in [0.3, 0.4) is 0 Å². The van der Waals surface area contributed by atoms with Gasteiger partial charge in [0.2, 0.25) is 5.91 Å². The highest BCUT2D eigenvalue weighted by molar-refractivity contribution is 7.13. The van der Waals surface area contributed by atoms with Crippen molar-refractivity contribution in [3.63, 3.8) is 0 Å². The van der Waals surface area contributed by atoms with Crippen LogP contribution in [0.15, 0.2) is 71.1 Å². The first kappa shape index (κ1) is 24.2. The van der Waals surface area contributed by atoms with E-state index in [-0.39, 0.29) is 18.0 Å². The zero-order valence-electron chi connectivity index (χ0n) is 19.6. The molecule has 180 valence electrons. The summed E-state index contributed by atoms with van der Waals surface area (Å²) in [7, 11) is 1.64. The zero-order chi connectivity index (χ0) is 24.6. The van der Waals surface area contributed by atoms with Gasteiger partial charge in [-0.2, -0.15) is 0 Å². The van der Waals surface area contributed by atoms with E-state index in [1.165, 1.54) is 17.0 Å². The number of hydrogen-bond donors (Lipinski definition) is 1. The smallest absolute Gasteiger partial charge is 0.254 e. The summed E-state index contributed by atoms with van der Waals surface area (Å²) in [6.07, 6.45) is 2.00. The summed E-state index contributed by atoms with van der Waals surface area (Å²) in [5.41, 5.74) is 2.99. The third-order valence-electron chi connectivity index (χ3n) is 5.25. The number of methoxy groups -OCH3 is 1. The Bertz CT molecular complexity index is 1330. The quantitative estimate of drug-likeness (QED) is 0.363. The first-order valence-electron chi connectivity index (χ1n) is 11.2. The van der Waals surface area contributed by atoms with Crippen molar-refractivity contribution in [1.29, 1.82) is 0 Å². The summed E-state index contributed by atoms with van der Waals surface area (Å²) in [5, 5.41) is 5.75. The summed E-state index contributed by atoms with van der Waals surface area (Å²) in [6.45, 7) is 2.84. The number of benzene rings is 2. The molecular formula is C26H26N4O4S. The average Bonchev–Trinajstić information content (AvgIpc) is 3.35. The van der Waals surface area contributed by atoms with E-state index in [2.05, 4.69) is 15.3 Å². The number of carbonyl (C=O) groups is 1. The van der Waals surface area contributed by atoms with Gasteiger partial charge in [0, 0.05) is 35.5 Å². The van der Waals surface area contributed by atoms with E-state index < -0.39 is 0 Å². The van der Waals surface area contributed by atoms with Gasteiger partial charge in [-0.1, -0.05) is 0 Å². The van der Waals surface area contributed by atoms with Gasteiger partial charge in [0.25, 0.3) is 5.56 Å². The van der Waals surface area contributed by atoms with Crippen LogP contribution in [0, 0.1) is 0 Å². The molecule has 0 unspecified atom stereocenters. The monoisotopic (exact) mass is 490 g/mol. The topological polar surface area (TPSA) is 95.3 Å². The van der Waals surface area contributed by atoms with Crippen LogP contribution in [0.1, 0.15) is 12.6 Å². The minimum atomic E-state index is -0.289. The summed E-state index contributed by atoms with van der Waals surface area (Å²) < 4.78 is 11.9. The molecular weight excluding hydrogens is 464 g/mol. The van der Waals surface area contributed by atoms with Gasteiger partial charge in [0.15, 0.2) is 0 Å². The van der Waals surface area contributed by atoms with Crippen molar-refractivity contribution in [3.05, 3.63) is 82.4 Å². The molecule has 1 amide bonds. The van der Waals surface area contributed by atoms with E-state index >= 15 is 0 Å². The van der Waals surface area contributed by atoms with Crippen LogP contribution in [0.25, 0.3) is 21.8 Å². The number of thiazole rings is 1. The molecule has 0 saturated carbocycles. The van der Waals surface area contributed by atoms with Crippen molar-refractivity contribution in [2.24, 2.45) is 0 Å². The molecule has 2 aromatic heterocycles. The SMILES string of the molecule is CCOc1ccc(-c2cc(=O)n(CC(=O)NCCc3csc(-c4ccc(OC)cc4)n3)cn2)cc1. The van der Waals surface area contributed by atoms with Crippen LogP contribution >= 0.6 is 11.3 Å². The Morgan fingerprint density at radius 1 is 1.06 bits per heavy atom. The van der Waals surface area contributed by atoms with Gasteiger partial charge in [0.05, 0.1) is 31.4 Å². The fourth-order valence-electron chi connectivity index (χ4n) is 3.42. The van der Waals surface area contributed by atoms with E-state index in [0.717, 1.165) is 33.3 Å². The predicted molar refractivity (Wildman–Crippen MR) is 136 cm³/mol. The fraction of sp³-hybridized carbons (Fsp3) is 0.231. The molecule has 2 aromatic carbocycles. The van der Waals surface area contributed by atoms with Crippen LogP contribution in [0.2, 0.25) is 0 Å². The highest BCUT2D eigenvalue weighted by atomic mass is 32.1.